The maximum Gasteiger partial charge on any atom is 0.226 e. The summed E-state index contributed by atoms with van der Waals surface area (Å²) in [5.41, 5.74) is 4.83. The predicted octanol–water partition coefficient (Wildman–Crippen LogP) is 4.26. The SMILES string of the molecule is COCCOc1ccc(CN2C3CCC2CC(NC(=O)Cc2nc(C)sc2C)C3)c(C)c1C. The molecular weight excluding hydrogens is 434 g/mol. The Morgan fingerprint density at radius 1 is 1.12 bits per heavy atom. The average molecular weight is 472 g/mol. The Bertz CT molecular complexity index is 975. The monoisotopic (exact) mass is 471 g/mol. The molecule has 2 aliphatic heterocycles. The molecule has 0 radical (unpaired) electrons. The van der Waals surface area contributed by atoms with Gasteiger partial charge in [0, 0.05) is 36.7 Å². The van der Waals surface area contributed by atoms with Gasteiger partial charge in [-0.15, -0.1) is 11.3 Å². The van der Waals surface area contributed by atoms with E-state index in [4.69, 9.17) is 9.47 Å². The van der Waals surface area contributed by atoms with Crippen molar-refractivity contribution in [3.63, 3.8) is 0 Å². The first-order chi connectivity index (χ1) is 15.9. The van der Waals surface area contributed by atoms with Crippen LogP contribution in [0.1, 0.15) is 58.0 Å². The van der Waals surface area contributed by atoms with E-state index in [1.807, 2.05) is 13.8 Å². The summed E-state index contributed by atoms with van der Waals surface area (Å²) in [5.74, 6) is 1.06. The number of hydrogen-bond acceptors (Lipinski definition) is 6. The maximum atomic E-state index is 12.7. The maximum absolute atomic E-state index is 12.7. The number of ether oxygens (including phenoxy) is 2. The number of rotatable bonds is 9. The zero-order valence-electron chi connectivity index (χ0n) is 20.6. The number of piperidine rings is 1. The average Bonchev–Trinajstić information content (AvgIpc) is 3.19. The Morgan fingerprint density at radius 2 is 1.85 bits per heavy atom. The van der Waals surface area contributed by atoms with Gasteiger partial charge in [-0.1, -0.05) is 6.07 Å². The molecule has 180 valence electrons. The number of hydrogen-bond donors (Lipinski definition) is 1. The number of methoxy groups -OCH3 is 1. The number of fused-ring (bicyclic) bond motifs is 2. The molecule has 2 unspecified atom stereocenters. The predicted molar refractivity (Wildman–Crippen MR) is 132 cm³/mol. The molecule has 3 heterocycles. The number of carbonyl (C=O) groups excluding carboxylic acids is 1. The number of aromatic nitrogens is 1. The smallest absolute Gasteiger partial charge is 0.226 e. The van der Waals surface area contributed by atoms with Crippen LogP contribution in [0.3, 0.4) is 0 Å². The first-order valence-electron chi connectivity index (χ1n) is 12.0. The summed E-state index contributed by atoms with van der Waals surface area (Å²) in [6.45, 7) is 10.5. The number of amides is 1. The molecule has 4 rings (SSSR count). The third kappa shape index (κ3) is 5.58. The molecule has 0 aliphatic carbocycles. The molecule has 2 bridgehead atoms. The molecule has 1 amide bonds. The van der Waals surface area contributed by atoms with Crippen LogP contribution in [-0.4, -0.2) is 54.2 Å². The van der Waals surface area contributed by atoms with E-state index >= 15 is 0 Å². The van der Waals surface area contributed by atoms with Crippen LogP contribution >= 0.6 is 11.3 Å². The van der Waals surface area contributed by atoms with Crippen molar-refractivity contribution in [2.75, 3.05) is 20.3 Å². The highest BCUT2D eigenvalue weighted by Crippen LogP contribution is 2.38. The van der Waals surface area contributed by atoms with Gasteiger partial charge in [-0.3, -0.25) is 9.69 Å². The lowest BCUT2D eigenvalue weighted by atomic mass is 9.95. The van der Waals surface area contributed by atoms with Crippen LogP contribution in [0.5, 0.6) is 5.75 Å². The molecule has 0 spiro atoms. The molecule has 2 saturated heterocycles. The van der Waals surface area contributed by atoms with Crippen molar-refractivity contribution in [2.45, 2.75) is 84.5 Å². The zero-order chi connectivity index (χ0) is 23.5. The minimum absolute atomic E-state index is 0.108. The van der Waals surface area contributed by atoms with E-state index in [0.29, 0.717) is 31.7 Å². The van der Waals surface area contributed by atoms with Gasteiger partial charge in [0.1, 0.15) is 12.4 Å². The van der Waals surface area contributed by atoms with Crippen LogP contribution in [0.4, 0.5) is 0 Å². The van der Waals surface area contributed by atoms with E-state index in [1.54, 1.807) is 18.4 Å². The Hall–Kier alpha value is -1.96. The first-order valence-corrected chi connectivity index (χ1v) is 12.9. The van der Waals surface area contributed by atoms with Crippen LogP contribution in [-0.2, 0) is 22.5 Å². The van der Waals surface area contributed by atoms with Gasteiger partial charge in [0.2, 0.25) is 5.91 Å². The number of carbonyl (C=O) groups is 1. The van der Waals surface area contributed by atoms with Crippen molar-refractivity contribution in [2.24, 2.45) is 0 Å². The van der Waals surface area contributed by atoms with Crippen molar-refractivity contribution in [3.8, 4) is 5.75 Å². The van der Waals surface area contributed by atoms with Crippen LogP contribution in [0.15, 0.2) is 12.1 Å². The lowest BCUT2D eigenvalue weighted by Gasteiger charge is -2.39. The van der Waals surface area contributed by atoms with Crippen molar-refractivity contribution < 1.29 is 14.3 Å². The Morgan fingerprint density at radius 3 is 2.48 bits per heavy atom. The van der Waals surface area contributed by atoms with Crippen molar-refractivity contribution in [1.82, 2.24) is 15.2 Å². The van der Waals surface area contributed by atoms with Crippen LogP contribution in [0, 0.1) is 27.7 Å². The van der Waals surface area contributed by atoms with Crippen molar-refractivity contribution in [1.29, 1.82) is 0 Å². The molecule has 2 aromatic rings. The molecule has 1 aromatic heterocycles. The highest BCUT2D eigenvalue weighted by molar-refractivity contribution is 7.11. The molecule has 2 atom stereocenters. The first kappa shape index (κ1) is 24.2. The van der Waals surface area contributed by atoms with Crippen LogP contribution in [0.25, 0.3) is 0 Å². The number of thiazole rings is 1. The molecule has 33 heavy (non-hydrogen) atoms. The summed E-state index contributed by atoms with van der Waals surface area (Å²) < 4.78 is 11.0. The van der Waals surface area contributed by atoms with E-state index in [2.05, 4.69) is 41.2 Å². The Labute approximate surface area is 201 Å². The van der Waals surface area contributed by atoms with Crippen LogP contribution in [0.2, 0.25) is 0 Å². The topological polar surface area (TPSA) is 63.7 Å². The van der Waals surface area contributed by atoms with Gasteiger partial charge in [-0.25, -0.2) is 4.98 Å². The molecule has 2 aliphatic rings. The van der Waals surface area contributed by atoms with Gasteiger partial charge in [0.15, 0.2) is 0 Å². The molecule has 0 saturated carbocycles. The second-order valence-electron chi connectivity index (χ2n) is 9.52. The van der Waals surface area contributed by atoms with Gasteiger partial charge < -0.3 is 14.8 Å². The van der Waals surface area contributed by atoms with Crippen LogP contribution < -0.4 is 10.1 Å². The third-order valence-electron chi connectivity index (χ3n) is 7.32. The summed E-state index contributed by atoms with van der Waals surface area (Å²) in [4.78, 5) is 21.0. The zero-order valence-corrected chi connectivity index (χ0v) is 21.4. The van der Waals surface area contributed by atoms with Gasteiger partial charge in [0.25, 0.3) is 0 Å². The molecule has 1 aromatic carbocycles. The summed E-state index contributed by atoms with van der Waals surface area (Å²) in [6.07, 6.45) is 4.90. The summed E-state index contributed by atoms with van der Waals surface area (Å²) in [5, 5.41) is 4.34. The van der Waals surface area contributed by atoms with Crippen molar-refractivity contribution >= 4 is 17.2 Å². The fourth-order valence-electron chi connectivity index (χ4n) is 5.43. The number of nitrogens with one attached hydrogen (secondary N) is 1. The molecule has 2 fully saturated rings. The normalized spacial score (nSPS) is 22.5. The fraction of sp³-hybridized carbons (Fsp3) is 0.615. The molecular formula is C26H37N3O3S. The molecule has 7 heteroatoms. The minimum Gasteiger partial charge on any atom is -0.491 e. The third-order valence-corrected chi connectivity index (χ3v) is 8.25. The Kier molecular flexibility index (Phi) is 7.72. The Balaban J connectivity index is 1.34. The van der Waals surface area contributed by atoms with Gasteiger partial charge in [-0.2, -0.15) is 0 Å². The van der Waals surface area contributed by atoms with Gasteiger partial charge in [-0.05, 0) is 76.1 Å². The summed E-state index contributed by atoms with van der Waals surface area (Å²) in [6, 6.07) is 5.66. The number of benzene rings is 1. The largest absolute Gasteiger partial charge is 0.491 e. The van der Waals surface area contributed by atoms with E-state index in [0.717, 1.165) is 40.7 Å². The van der Waals surface area contributed by atoms with E-state index < -0.39 is 0 Å². The van der Waals surface area contributed by atoms with Crippen molar-refractivity contribution in [3.05, 3.63) is 44.4 Å². The minimum atomic E-state index is 0.108. The van der Waals surface area contributed by atoms with Gasteiger partial charge in [0.05, 0.1) is 23.7 Å². The summed E-state index contributed by atoms with van der Waals surface area (Å²) in [7, 11) is 1.69. The lowest BCUT2D eigenvalue weighted by molar-refractivity contribution is -0.121. The second kappa shape index (κ2) is 10.5. The van der Waals surface area contributed by atoms with E-state index in [1.165, 1.54) is 29.5 Å². The van der Waals surface area contributed by atoms with Gasteiger partial charge >= 0.3 is 0 Å². The highest BCUT2D eigenvalue weighted by Gasteiger charge is 2.41. The van der Waals surface area contributed by atoms with E-state index in [9.17, 15) is 4.79 Å². The molecule has 6 nitrogen and oxygen atoms in total. The molecule has 1 N–H and O–H groups in total. The fourth-order valence-corrected chi connectivity index (χ4v) is 6.26. The quantitative estimate of drug-likeness (QED) is 0.554. The lowest BCUT2D eigenvalue weighted by Crippen LogP contribution is -2.50. The standard InChI is InChI=1S/C26H37N3O3S/c1-16-17(2)25(32-11-10-31-5)9-6-20(16)15-29-22-7-8-23(29)13-21(12-22)28-26(30)14-24-18(3)33-19(4)27-24/h6,9,21-23H,7-8,10-15H2,1-5H3,(H,28,30). The van der Waals surface area contributed by atoms with E-state index in [-0.39, 0.29) is 11.9 Å². The second-order valence-corrected chi connectivity index (χ2v) is 10.9. The summed E-state index contributed by atoms with van der Waals surface area (Å²) >= 11 is 1.67. The number of nitrogens with zero attached hydrogens (tertiary/aromatic N) is 2. The highest BCUT2D eigenvalue weighted by atomic mass is 32.1. The number of aryl methyl sites for hydroxylation is 2.